The molecule has 0 atom stereocenters. The number of nitrogens with one attached hydrogen (secondary N) is 1. The van der Waals surface area contributed by atoms with Crippen molar-refractivity contribution < 1.29 is 9.72 Å². The quantitative estimate of drug-likeness (QED) is 0.370. The van der Waals surface area contributed by atoms with Crippen LogP contribution in [0.3, 0.4) is 0 Å². The number of rotatable bonds is 6. The number of carbonyl (C=O) groups is 1. The third-order valence-electron chi connectivity index (χ3n) is 4.75. The summed E-state index contributed by atoms with van der Waals surface area (Å²) in [5.74, 6) is -0.297. The van der Waals surface area contributed by atoms with Gasteiger partial charge in [-0.1, -0.05) is 24.3 Å². The summed E-state index contributed by atoms with van der Waals surface area (Å²) >= 11 is 1.68. The largest absolute Gasteiger partial charge is 0.324 e. The van der Waals surface area contributed by atoms with E-state index in [0.29, 0.717) is 17.1 Å². The van der Waals surface area contributed by atoms with Crippen LogP contribution in [0.4, 0.5) is 11.4 Å². The highest BCUT2D eigenvalue weighted by Crippen LogP contribution is 2.24. The number of amides is 1. The molecule has 2 heterocycles. The summed E-state index contributed by atoms with van der Waals surface area (Å²) in [7, 11) is 0. The van der Waals surface area contributed by atoms with E-state index in [4.69, 9.17) is 0 Å². The highest BCUT2D eigenvalue weighted by Gasteiger charge is 2.22. The first kappa shape index (κ1) is 19.7. The molecule has 0 saturated heterocycles. The maximum absolute atomic E-state index is 12.3. The Kier molecular flexibility index (Phi) is 5.28. The lowest BCUT2D eigenvalue weighted by Crippen LogP contribution is -2.20. The van der Waals surface area contributed by atoms with Crippen LogP contribution < -0.4 is 5.32 Å². The SMILES string of the molecule is Cc1nn(CC(=O)Nc2ccc(Cc3nc4ccccc4s3)cc2)c(C)c1[N+](=O)[O-]. The van der Waals surface area contributed by atoms with Crippen molar-refractivity contribution in [1.82, 2.24) is 14.8 Å². The van der Waals surface area contributed by atoms with E-state index in [2.05, 4.69) is 21.5 Å². The number of nitro groups is 1. The van der Waals surface area contributed by atoms with Gasteiger partial charge in [0.05, 0.1) is 20.1 Å². The second-order valence-electron chi connectivity index (χ2n) is 6.93. The van der Waals surface area contributed by atoms with Crippen LogP contribution in [-0.4, -0.2) is 25.6 Å². The summed E-state index contributed by atoms with van der Waals surface area (Å²) in [5.41, 5.74) is 3.36. The van der Waals surface area contributed by atoms with Gasteiger partial charge in [0.15, 0.2) is 0 Å². The second kappa shape index (κ2) is 8.03. The predicted octanol–water partition coefficient (Wildman–Crippen LogP) is 4.25. The minimum atomic E-state index is -0.476. The fourth-order valence-corrected chi connectivity index (χ4v) is 4.32. The fraction of sp³-hybridized carbons (Fsp3) is 0.190. The molecule has 1 amide bonds. The van der Waals surface area contributed by atoms with Gasteiger partial charge in [-0.25, -0.2) is 4.98 Å². The molecular weight excluding hydrogens is 402 g/mol. The van der Waals surface area contributed by atoms with Crippen molar-refractivity contribution in [1.29, 1.82) is 0 Å². The number of fused-ring (bicyclic) bond motifs is 1. The van der Waals surface area contributed by atoms with Crippen molar-refractivity contribution in [3.63, 3.8) is 0 Å². The number of hydrogen-bond acceptors (Lipinski definition) is 6. The van der Waals surface area contributed by atoms with E-state index >= 15 is 0 Å². The van der Waals surface area contributed by atoms with Crippen molar-refractivity contribution in [3.8, 4) is 0 Å². The lowest BCUT2D eigenvalue weighted by molar-refractivity contribution is -0.386. The third-order valence-corrected chi connectivity index (χ3v) is 5.79. The molecule has 9 heteroatoms. The van der Waals surface area contributed by atoms with Crippen molar-refractivity contribution in [2.45, 2.75) is 26.8 Å². The first-order valence-electron chi connectivity index (χ1n) is 9.32. The molecule has 4 aromatic rings. The molecule has 0 aliphatic heterocycles. The standard InChI is InChI=1S/C21H19N5O3S/c1-13-21(26(28)29)14(2)25(24-13)12-19(27)22-16-9-7-15(8-10-16)11-20-23-17-5-3-4-6-18(17)30-20/h3-10H,11-12H2,1-2H3,(H,22,27). The summed E-state index contributed by atoms with van der Waals surface area (Å²) in [4.78, 5) is 27.6. The summed E-state index contributed by atoms with van der Waals surface area (Å²) in [5, 5.41) is 19.0. The number of hydrogen-bond donors (Lipinski definition) is 1. The van der Waals surface area contributed by atoms with Crippen LogP contribution in [0, 0.1) is 24.0 Å². The van der Waals surface area contributed by atoms with Crippen LogP contribution in [0.25, 0.3) is 10.2 Å². The van der Waals surface area contributed by atoms with Gasteiger partial charge < -0.3 is 5.32 Å². The number of carbonyl (C=O) groups excluding carboxylic acids is 1. The van der Waals surface area contributed by atoms with E-state index in [1.165, 1.54) is 9.38 Å². The predicted molar refractivity (Wildman–Crippen MR) is 116 cm³/mol. The van der Waals surface area contributed by atoms with Gasteiger partial charge in [0.2, 0.25) is 5.91 Å². The van der Waals surface area contributed by atoms with Crippen LogP contribution in [0.1, 0.15) is 22.0 Å². The lowest BCUT2D eigenvalue weighted by Gasteiger charge is -2.07. The Morgan fingerprint density at radius 3 is 2.57 bits per heavy atom. The van der Waals surface area contributed by atoms with E-state index in [9.17, 15) is 14.9 Å². The Balaban J connectivity index is 1.40. The van der Waals surface area contributed by atoms with Crippen LogP contribution in [0.15, 0.2) is 48.5 Å². The number of aryl methyl sites for hydroxylation is 1. The van der Waals surface area contributed by atoms with Gasteiger partial charge in [-0.15, -0.1) is 11.3 Å². The topological polar surface area (TPSA) is 103 Å². The molecule has 0 unspecified atom stereocenters. The van der Waals surface area contributed by atoms with Gasteiger partial charge in [-0.3, -0.25) is 19.6 Å². The Hall–Kier alpha value is -3.59. The second-order valence-corrected chi connectivity index (χ2v) is 8.05. The number of thiazole rings is 1. The molecule has 4 rings (SSSR count). The number of benzene rings is 2. The molecule has 2 aromatic heterocycles. The lowest BCUT2D eigenvalue weighted by atomic mass is 10.1. The molecule has 30 heavy (non-hydrogen) atoms. The van der Waals surface area contributed by atoms with Crippen molar-refractivity contribution in [3.05, 3.63) is 80.6 Å². The van der Waals surface area contributed by atoms with Crippen LogP contribution in [0.5, 0.6) is 0 Å². The Morgan fingerprint density at radius 2 is 1.90 bits per heavy atom. The van der Waals surface area contributed by atoms with Crippen LogP contribution >= 0.6 is 11.3 Å². The van der Waals surface area contributed by atoms with Crippen LogP contribution in [-0.2, 0) is 17.8 Å². The maximum atomic E-state index is 12.3. The van der Waals surface area contributed by atoms with E-state index in [0.717, 1.165) is 22.5 Å². The third kappa shape index (κ3) is 4.06. The molecule has 8 nitrogen and oxygen atoms in total. The molecule has 2 aromatic carbocycles. The zero-order chi connectivity index (χ0) is 21.3. The summed E-state index contributed by atoms with van der Waals surface area (Å²) < 4.78 is 2.52. The van der Waals surface area contributed by atoms with Gasteiger partial charge in [-0.2, -0.15) is 5.10 Å². The molecule has 0 bridgehead atoms. The average molecular weight is 421 g/mol. The van der Waals surface area contributed by atoms with Gasteiger partial charge in [0.1, 0.15) is 17.9 Å². The zero-order valence-corrected chi connectivity index (χ0v) is 17.3. The van der Waals surface area contributed by atoms with Crippen molar-refractivity contribution in [2.75, 3.05) is 5.32 Å². The average Bonchev–Trinajstić information content (AvgIpc) is 3.22. The summed E-state index contributed by atoms with van der Waals surface area (Å²) in [6.45, 7) is 3.06. The summed E-state index contributed by atoms with van der Waals surface area (Å²) in [6, 6.07) is 15.6. The minimum absolute atomic E-state index is 0.0537. The molecule has 0 radical (unpaired) electrons. The molecular formula is C21H19N5O3S. The normalized spacial score (nSPS) is 11.0. The fourth-order valence-electron chi connectivity index (χ4n) is 3.32. The zero-order valence-electron chi connectivity index (χ0n) is 16.5. The molecule has 1 N–H and O–H groups in total. The van der Waals surface area contributed by atoms with Crippen molar-refractivity contribution >= 4 is 38.8 Å². The monoisotopic (exact) mass is 421 g/mol. The molecule has 0 saturated carbocycles. The summed E-state index contributed by atoms with van der Waals surface area (Å²) in [6.07, 6.45) is 0.725. The van der Waals surface area contributed by atoms with E-state index in [-0.39, 0.29) is 18.1 Å². The van der Waals surface area contributed by atoms with Gasteiger partial charge >= 0.3 is 5.69 Å². The van der Waals surface area contributed by atoms with E-state index in [1.54, 1.807) is 25.2 Å². The Bertz CT molecular complexity index is 1210. The first-order chi connectivity index (χ1) is 14.4. The maximum Gasteiger partial charge on any atom is 0.312 e. The van der Waals surface area contributed by atoms with E-state index in [1.807, 2.05) is 42.5 Å². The minimum Gasteiger partial charge on any atom is -0.324 e. The van der Waals surface area contributed by atoms with Gasteiger partial charge in [0.25, 0.3) is 0 Å². The highest BCUT2D eigenvalue weighted by atomic mass is 32.1. The van der Waals surface area contributed by atoms with Gasteiger partial charge in [-0.05, 0) is 43.7 Å². The number of para-hydroxylation sites is 1. The molecule has 0 aliphatic rings. The highest BCUT2D eigenvalue weighted by molar-refractivity contribution is 7.18. The molecule has 0 spiro atoms. The Labute approximate surface area is 176 Å². The van der Waals surface area contributed by atoms with Gasteiger partial charge in [0, 0.05) is 12.1 Å². The number of nitrogens with zero attached hydrogens (tertiary/aromatic N) is 4. The number of anilines is 1. The van der Waals surface area contributed by atoms with Crippen molar-refractivity contribution in [2.24, 2.45) is 0 Å². The molecule has 152 valence electrons. The molecule has 0 aliphatic carbocycles. The molecule has 0 fully saturated rings. The number of aromatic nitrogens is 3. The van der Waals surface area contributed by atoms with E-state index < -0.39 is 4.92 Å². The first-order valence-corrected chi connectivity index (χ1v) is 10.1. The Morgan fingerprint density at radius 1 is 1.17 bits per heavy atom. The smallest absolute Gasteiger partial charge is 0.312 e. The van der Waals surface area contributed by atoms with Crippen LogP contribution in [0.2, 0.25) is 0 Å².